The minimum Gasteiger partial charge on any atom is -0.493 e. The van der Waals surface area contributed by atoms with E-state index >= 15 is 0 Å². The SMILES string of the molecule is CCOCCCOc1cc(Br)ccc1C. The predicted octanol–water partition coefficient (Wildman–Crippen LogP) is 3.56. The lowest BCUT2D eigenvalue weighted by molar-refractivity contribution is 0.130. The van der Waals surface area contributed by atoms with Crippen LogP contribution in [0, 0.1) is 6.92 Å². The van der Waals surface area contributed by atoms with Gasteiger partial charge in [0.15, 0.2) is 0 Å². The molecule has 2 nitrogen and oxygen atoms in total. The normalized spacial score (nSPS) is 10.3. The van der Waals surface area contributed by atoms with Crippen LogP contribution in [-0.2, 0) is 4.74 Å². The van der Waals surface area contributed by atoms with Crippen LogP contribution < -0.4 is 4.74 Å². The van der Waals surface area contributed by atoms with Crippen LogP contribution in [0.25, 0.3) is 0 Å². The van der Waals surface area contributed by atoms with Gasteiger partial charge in [-0.2, -0.15) is 0 Å². The average Bonchev–Trinajstić information content (AvgIpc) is 2.23. The van der Waals surface area contributed by atoms with E-state index in [1.54, 1.807) is 0 Å². The molecule has 0 amide bonds. The van der Waals surface area contributed by atoms with Gasteiger partial charge in [-0.1, -0.05) is 22.0 Å². The molecule has 0 bridgehead atoms. The molecule has 0 fully saturated rings. The topological polar surface area (TPSA) is 18.5 Å². The highest BCUT2D eigenvalue weighted by Gasteiger charge is 1.99. The maximum atomic E-state index is 5.65. The molecule has 0 aliphatic heterocycles. The zero-order chi connectivity index (χ0) is 11.1. The Balaban J connectivity index is 2.33. The fourth-order valence-corrected chi connectivity index (χ4v) is 1.56. The van der Waals surface area contributed by atoms with Gasteiger partial charge in [0.2, 0.25) is 0 Å². The van der Waals surface area contributed by atoms with E-state index in [-0.39, 0.29) is 0 Å². The van der Waals surface area contributed by atoms with Crippen molar-refractivity contribution in [2.75, 3.05) is 19.8 Å². The monoisotopic (exact) mass is 272 g/mol. The van der Waals surface area contributed by atoms with Crippen LogP contribution in [0.1, 0.15) is 18.9 Å². The summed E-state index contributed by atoms with van der Waals surface area (Å²) in [4.78, 5) is 0. The zero-order valence-corrected chi connectivity index (χ0v) is 10.8. The molecule has 0 spiro atoms. The van der Waals surface area contributed by atoms with Crippen molar-refractivity contribution >= 4 is 15.9 Å². The van der Waals surface area contributed by atoms with Gasteiger partial charge in [0.05, 0.1) is 6.61 Å². The van der Waals surface area contributed by atoms with Gasteiger partial charge in [0.1, 0.15) is 5.75 Å². The first-order valence-electron chi connectivity index (χ1n) is 5.20. The highest BCUT2D eigenvalue weighted by molar-refractivity contribution is 9.10. The van der Waals surface area contributed by atoms with E-state index in [1.807, 2.05) is 32.0 Å². The molecular formula is C12H17BrO2. The molecule has 0 atom stereocenters. The Morgan fingerprint density at radius 1 is 1.27 bits per heavy atom. The summed E-state index contributed by atoms with van der Waals surface area (Å²) in [5, 5.41) is 0. The first-order valence-corrected chi connectivity index (χ1v) is 6.00. The fraction of sp³-hybridized carbons (Fsp3) is 0.500. The van der Waals surface area contributed by atoms with Crippen molar-refractivity contribution < 1.29 is 9.47 Å². The molecule has 0 radical (unpaired) electrons. The molecular weight excluding hydrogens is 256 g/mol. The van der Waals surface area contributed by atoms with Gasteiger partial charge in [-0.05, 0) is 31.5 Å². The van der Waals surface area contributed by atoms with E-state index in [1.165, 1.54) is 0 Å². The number of halogens is 1. The predicted molar refractivity (Wildman–Crippen MR) is 65.5 cm³/mol. The van der Waals surface area contributed by atoms with Gasteiger partial charge >= 0.3 is 0 Å². The molecule has 1 aromatic carbocycles. The minimum absolute atomic E-state index is 0.706. The maximum absolute atomic E-state index is 5.65. The van der Waals surface area contributed by atoms with Crippen LogP contribution in [0.2, 0.25) is 0 Å². The van der Waals surface area contributed by atoms with Crippen molar-refractivity contribution in [3.8, 4) is 5.75 Å². The summed E-state index contributed by atoms with van der Waals surface area (Å²) >= 11 is 3.43. The summed E-state index contributed by atoms with van der Waals surface area (Å²) in [7, 11) is 0. The number of ether oxygens (including phenoxy) is 2. The Morgan fingerprint density at radius 2 is 2.07 bits per heavy atom. The third-order valence-corrected chi connectivity index (χ3v) is 2.54. The van der Waals surface area contributed by atoms with Crippen molar-refractivity contribution in [3.63, 3.8) is 0 Å². The molecule has 0 saturated carbocycles. The van der Waals surface area contributed by atoms with Gasteiger partial charge < -0.3 is 9.47 Å². The van der Waals surface area contributed by atoms with Crippen molar-refractivity contribution in [3.05, 3.63) is 28.2 Å². The van der Waals surface area contributed by atoms with Crippen molar-refractivity contribution in [2.45, 2.75) is 20.3 Å². The van der Waals surface area contributed by atoms with Crippen LogP contribution in [-0.4, -0.2) is 19.8 Å². The van der Waals surface area contributed by atoms with Crippen LogP contribution in [0.5, 0.6) is 5.75 Å². The quantitative estimate of drug-likeness (QED) is 0.738. The second kappa shape index (κ2) is 6.85. The molecule has 1 rings (SSSR count). The summed E-state index contributed by atoms with van der Waals surface area (Å²) in [5.41, 5.74) is 1.16. The first kappa shape index (κ1) is 12.5. The molecule has 0 aliphatic carbocycles. The smallest absolute Gasteiger partial charge is 0.123 e. The van der Waals surface area contributed by atoms with Crippen molar-refractivity contribution in [1.29, 1.82) is 0 Å². The Kier molecular flexibility index (Phi) is 5.73. The number of hydrogen-bond acceptors (Lipinski definition) is 2. The van der Waals surface area contributed by atoms with Crippen molar-refractivity contribution in [1.82, 2.24) is 0 Å². The number of rotatable bonds is 6. The van der Waals surface area contributed by atoms with Gasteiger partial charge in [-0.3, -0.25) is 0 Å². The highest BCUT2D eigenvalue weighted by atomic mass is 79.9. The number of aryl methyl sites for hydroxylation is 1. The Hall–Kier alpha value is -0.540. The van der Waals surface area contributed by atoms with Gasteiger partial charge in [-0.25, -0.2) is 0 Å². The van der Waals surface area contributed by atoms with Crippen LogP contribution >= 0.6 is 15.9 Å². The molecule has 1 aromatic rings. The van der Waals surface area contributed by atoms with Gasteiger partial charge in [0, 0.05) is 24.1 Å². The third-order valence-electron chi connectivity index (χ3n) is 2.04. The summed E-state index contributed by atoms with van der Waals surface area (Å²) < 4.78 is 11.9. The lowest BCUT2D eigenvalue weighted by Crippen LogP contribution is -2.03. The maximum Gasteiger partial charge on any atom is 0.123 e. The van der Waals surface area contributed by atoms with Crippen molar-refractivity contribution in [2.24, 2.45) is 0 Å². The second-order valence-electron chi connectivity index (χ2n) is 3.31. The van der Waals surface area contributed by atoms with E-state index < -0.39 is 0 Å². The Bertz CT molecular complexity index is 300. The molecule has 0 N–H and O–H groups in total. The average molecular weight is 273 g/mol. The first-order chi connectivity index (χ1) is 7.24. The summed E-state index contributed by atoms with van der Waals surface area (Å²) in [6.07, 6.45) is 0.930. The minimum atomic E-state index is 0.706. The molecule has 0 aromatic heterocycles. The second-order valence-corrected chi connectivity index (χ2v) is 4.22. The van der Waals surface area contributed by atoms with E-state index in [0.29, 0.717) is 6.61 Å². The van der Waals surface area contributed by atoms with E-state index in [4.69, 9.17) is 9.47 Å². The lowest BCUT2D eigenvalue weighted by atomic mass is 10.2. The molecule has 0 aliphatic rings. The molecule has 0 saturated heterocycles. The number of hydrogen-bond donors (Lipinski definition) is 0. The van der Waals surface area contributed by atoms with Crippen LogP contribution in [0.15, 0.2) is 22.7 Å². The number of benzene rings is 1. The summed E-state index contributed by atoms with van der Waals surface area (Å²) in [6.45, 7) is 6.29. The standard InChI is InChI=1S/C12H17BrO2/c1-3-14-7-4-8-15-12-9-11(13)6-5-10(12)2/h5-6,9H,3-4,7-8H2,1-2H3. The fourth-order valence-electron chi connectivity index (χ4n) is 1.22. The summed E-state index contributed by atoms with van der Waals surface area (Å²) in [6, 6.07) is 6.06. The lowest BCUT2D eigenvalue weighted by Gasteiger charge is -2.09. The van der Waals surface area contributed by atoms with Crippen LogP contribution in [0.4, 0.5) is 0 Å². The summed E-state index contributed by atoms with van der Waals surface area (Å²) in [5.74, 6) is 0.945. The van der Waals surface area contributed by atoms with E-state index in [9.17, 15) is 0 Å². The van der Waals surface area contributed by atoms with Gasteiger partial charge in [-0.15, -0.1) is 0 Å². The van der Waals surface area contributed by atoms with E-state index in [0.717, 1.165) is 35.4 Å². The molecule has 0 heterocycles. The molecule has 3 heteroatoms. The molecule has 84 valence electrons. The third kappa shape index (κ3) is 4.67. The zero-order valence-electron chi connectivity index (χ0n) is 9.25. The highest BCUT2D eigenvalue weighted by Crippen LogP contribution is 2.22. The largest absolute Gasteiger partial charge is 0.493 e. The van der Waals surface area contributed by atoms with Gasteiger partial charge in [0.25, 0.3) is 0 Å². The van der Waals surface area contributed by atoms with E-state index in [2.05, 4.69) is 15.9 Å². The molecule has 15 heavy (non-hydrogen) atoms. The Labute approximate surface area is 99.7 Å². The Morgan fingerprint density at radius 3 is 2.80 bits per heavy atom. The van der Waals surface area contributed by atoms with Crippen LogP contribution in [0.3, 0.4) is 0 Å². The molecule has 0 unspecified atom stereocenters.